The second kappa shape index (κ2) is 9.47. The summed E-state index contributed by atoms with van der Waals surface area (Å²) in [4.78, 5) is 15.2. The fourth-order valence-corrected chi connectivity index (χ4v) is 6.20. The minimum Gasteiger partial charge on any atom is -0.492 e. The van der Waals surface area contributed by atoms with E-state index >= 15 is 0 Å². The standard InChI is InChI=1S/C28H30N2O4S/c1-20-8-9-21(2)27(16-20)35(32,33)29-14-15-34-26-13-10-22(17-24(26)19-29)18-30(28(31)23-11-12-23)25-6-4-3-5-7-25/h3-10,13,16-17,23H,11-12,14-15,18-19H2,1-2H3. The van der Waals surface area contributed by atoms with Crippen molar-refractivity contribution in [1.29, 1.82) is 0 Å². The molecule has 0 radical (unpaired) electrons. The molecule has 3 aromatic rings. The van der Waals surface area contributed by atoms with Crippen LogP contribution in [-0.2, 0) is 27.9 Å². The van der Waals surface area contributed by atoms with Crippen LogP contribution in [0.2, 0.25) is 0 Å². The van der Waals surface area contributed by atoms with Gasteiger partial charge >= 0.3 is 0 Å². The number of para-hydroxylation sites is 1. The molecule has 0 spiro atoms. The molecule has 1 aliphatic heterocycles. The van der Waals surface area contributed by atoms with E-state index in [9.17, 15) is 13.2 Å². The first kappa shape index (κ1) is 23.6. The first-order valence-corrected chi connectivity index (χ1v) is 13.5. The van der Waals surface area contributed by atoms with Crippen LogP contribution < -0.4 is 9.64 Å². The number of carbonyl (C=O) groups is 1. The summed E-state index contributed by atoms with van der Waals surface area (Å²) in [6.07, 6.45) is 1.87. The van der Waals surface area contributed by atoms with Crippen LogP contribution in [-0.4, -0.2) is 31.8 Å². The molecule has 0 unspecified atom stereocenters. The van der Waals surface area contributed by atoms with E-state index in [2.05, 4.69) is 0 Å². The number of nitrogens with zero attached hydrogens (tertiary/aromatic N) is 2. The Hall–Kier alpha value is -3.16. The Morgan fingerprint density at radius 1 is 1.03 bits per heavy atom. The van der Waals surface area contributed by atoms with Gasteiger partial charge in [-0.1, -0.05) is 36.4 Å². The molecule has 0 atom stereocenters. The zero-order chi connectivity index (χ0) is 24.6. The van der Waals surface area contributed by atoms with Crippen molar-refractivity contribution < 1.29 is 17.9 Å². The molecule has 182 valence electrons. The Bertz CT molecular complexity index is 1350. The summed E-state index contributed by atoms with van der Waals surface area (Å²) in [5.74, 6) is 0.922. The van der Waals surface area contributed by atoms with Crippen LogP contribution in [0.15, 0.2) is 71.6 Å². The van der Waals surface area contributed by atoms with Gasteiger partial charge in [0.05, 0.1) is 11.4 Å². The zero-order valence-electron chi connectivity index (χ0n) is 20.1. The lowest BCUT2D eigenvalue weighted by molar-refractivity contribution is -0.119. The van der Waals surface area contributed by atoms with E-state index in [1.807, 2.05) is 79.4 Å². The number of hydrogen-bond acceptors (Lipinski definition) is 4. The SMILES string of the molecule is Cc1ccc(C)c(S(=O)(=O)N2CCOc3ccc(CN(C(=O)C4CC4)c4ccccc4)cc3C2)c1. The van der Waals surface area contributed by atoms with Crippen LogP contribution in [0.5, 0.6) is 5.75 Å². The first-order valence-electron chi connectivity index (χ1n) is 12.0. The third kappa shape index (κ3) is 4.97. The molecule has 0 aromatic heterocycles. The number of amides is 1. The maximum absolute atomic E-state index is 13.6. The van der Waals surface area contributed by atoms with Crippen LogP contribution in [0.3, 0.4) is 0 Å². The molecule has 6 nitrogen and oxygen atoms in total. The third-order valence-corrected chi connectivity index (χ3v) is 8.62. The van der Waals surface area contributed by atoms with Crippen molar-refractivity contribution in [3.05, 3.63) is 89.0 Å². The van der Waals surface area contributed by atoms with Crippen molar-refractivity contribution in [1.82, 2.24) is 4.31 Å². The molecular formula is C28H30N2O4S. The van der Waals surface area contributed by atoms with Crippen molar-refractivity contribution in [3.63, 3.8) is 0 Å². The highest BCUT2D eigenvalue weighted by atomic mass is 32.2. The van der Waals surface area contributed by atoms with E-state index in [0.29, 0.717) is 17.2 Å². The van der Waals surface area contributed by atoms with E-state index in [1.54, 1.807) is 6.07 Å². The lowest BCUT2D eigenvalue weighted by atomic mass is 10.1. The molecule has 35 heavy (non-hydrogen) atoms. The third-order valence-electron chi connectivity index (χ3n) is 6.63. The summed E-state index contributed by atoms with van der Waals surface area (Å²) in [5, 5.41) is 0. The van der Waals surface area contributed by atoms with Gasteiger partial charge in [0.2, 0.25) is 15.9 Å². The number of rotatable bonds is 6. The zero-order valence-corrected chi connectivity index (χ0v) is 20.9. The number of ether oxygens (including phenoxy) is 1. The molecule has 0 N–H and O–H groups in total. The van der Waals surface area contributed by atoms with Gasteiger partial charge in [-0.2, -0.15) is 4.31 Å². The van der Waals surface area contributed by atoms with Gasteiger partial charge in [-0.25, -0.2) is 8.42 Å². The Kier molecular flexibility index (Phi) is 6.38. The molecule has 1 amide bonds. The molecule has 1 heterocycles. The summed E-state index contributed by atoms with van der Waals surface area (Å²) in [5.41, 5.74) is 4.25. The number of hydrogen-bond donors (Lipinski definition) is 0. The normalized spacial score (nSPS) is 16.2. The lowest BCUT2D eigenvalue weighted by Crippen LogP contribution is -2.33. The first-order chi connectivity index (χ1) is 16.8. The Balaban J connectivity index is 1.44. The quantitative estimate of drug-likeness (QED) is 0.496. The van der Waals surface area contributed by atoms with E-state index in [-0.39, 0.29) is 31.5 Å². The smallest absolute Gasteiger partial charge is 0.243 e. The summed E-state index contributed by atoms with van der Waals surface area (Å²) in [6.45, 7) is 4.93. The Morgan fingerprint density at radius 3 is 2.54 bits per heavy atom. The molecule has 5 rings (SSSR count). The predicted molar refractivity (Wildman–Crippen MR) is 136 cm³/mol. The van der Waals surface area contributed by atoms with Crippen molar-refractivity contribution in [2.75, 3.05) is 18.1 Å². The fourth-order valence-electron chi connectivity index (χ4n) is 4.49. The maximum atomic E-state index is 13.6. The second-order valence-corrected chi connectivity index (χ2v) is 11.3. The molecule has 3 aromatic carbocycles. The Labute approximate surface area is 207 Å². The van der Waals surface area contributed by atoms with Crippen molar-refractivity contribution >= 4 is 21.6 Å². The van der Waals surface area contributed by atoms with E-state index in [0.717, 1.165) is 40.8 Å². The molecule has 2 aliphatic rings. The van der Waals surface area contributed by atoms with E-state index < -0.39 is 10.0 Å². The van der Waals surface area contributed by atoms with Crippen molar-refractivity contribution in [3.8, 4) is 5.75 Å². The highest BCUT2D eigenvalue weighted by molar-refractivity contribution is 7.89. The van der Waals surface area contributed by atoms with Crippen molar-refractivity contribution in [2.24, 2.45) is 5.92 Å². The topological polar surface area (TPSA) is 66.9 Å². The largest absolute Gasteiger partial charge is 0.492 e. The van der Waals surface area contributed by atoms with Gasteiger partial charge in [-0.05, 0) is 73.7 Å². The number of aryl methyl sites for hydroxylation is 2. The minimum absolute atomic E-state index is 0.0950. The molecule has 7 heteroatoms. The highest BCUT2D eigenvalue weighted by Crippen LogP contribution is 2.34. The van der Waals surface area contributed by atoms with Crippen LogP contribution in [0, 0.1) is 19.8 Å². The van der Waals surface area contributed by atoms with Crippen LogP contribution in [0.25, 0.3) is 0 Å². The van der Waals surface area contributed by atoms with Gasteiger partial charge in [0.15, 0.2) is 0 Å². The number of fused-ring (bicyclic) bond motifs is 1. The average Bonchev–Trinajstić information content (AvgIpc) is 3.71. The van der Waals surface area contributed by atoms with Crippen LogP contribution in [0.4, 0.5) is 5.69 Å². The summed E-state index contributed by atoms with van der Waals surface area (Å²) in [7, 11) is -3.69. The van der Waals surface area contributed by atoms with E-state index in [1.165, 1.54) is 4.31 Å². The van der Waals surface area contributed by atoms with Gasteiger partial charge in [0.1, 0.15) is 12.4 Å². The molecule has 0 saturated heterocycles. The van der Waals surface area contributed by atoms with Crippen LogP contribution in [0.1, 0.15) is 35.1 Å². The summed E-state index contributed by atoms with van der Waals surface area (Å²) >= 11 is 0. The van der Waals surface area contributed by atoms with Gasteiger partial charge in [-0.3, -0.25) is 4.79 Å². The summed E-state index contributed by atoms with van der Waals surface area (Å²) in [6, 6.07) is 21.0. The van der Waals surface area contributed by atoms with Gasteiger partial charge in [0.25, 0.3) is 0 Å². The lowest BCUT2D eigenvalue weighted by Gasteiger charge is -2.24. The maximum Gasteiger partial charge on any atom is 0.243 e. The average molecular weight is 491 g/mol. The second-order valence-electron chi connectivity index (χ2n) is 9.43. The van der Waals surface area contributed by atoms with E-state index in [4.69, 9.17) is 4.74 Å². The monoisotopic (exact) mass is 490 g/mol. The molecule has 1 aliphatic carbocycles. The van der Waals surface area contributed by atoms with Gasteiger partial charge in [0, 0.05) is 30.3 Å². The fraction of sp³-hybridized carbons (Fsp3) is 0.321. The van der Waals surface area contributed by atoms with Gasteiger partial charge in [-0.15, -0.1) is 0 Å². The number of carbonyl (C=O) groups excluding carboxylic acids is 1. The highest BCUT2D eigenvalue weighted by Gasteiger charge is 2.34. The Morgan fingerprint density at radius 2 is 1.80 bits per heavy atom. The minimum atomic E-state index is -3.69. The summed E-state index contributed by atoms with van der Waals surface area (Å²) < 4.78 is 34.5. The van der Waals surface area contributed by atoms with Crippen LogP contribution >= 0.6 is 0 Å². The number of sulfonamides is 1. The molecule has 1 saturated carbocycles. The molecule has 0 bridgehead atoms. The predicted octanol–water partition coefficient (Wildman–Crippen LogP) is 4.83. The molecular weight excluding hydrogens is 460 g/mol. The molecule has 1 fully saturated rings. The number of benzene rings is 3. The van der Waals surface area contributed by atoms with Gasteiger partial charge < -0.3 is 9.64 Å². The number of anilines is 1. The van der Waals surface area contributed by atoms with Crippen molar-refractivity contribution in [2.45, 2.75) is 44.7 Å².